The summed E-state index contributed by atoms with van der Waals surface area (Å²) in [5, 5.41) is 2.19. The van der Waals surface area contributed by atoms with Gasteiger partial charge >= 0.3 is 58.2 Å². The largest absolute Gasteiger partial charge is 1.00 e. The molecule has 0 amide bonds. The molecule has 0 aromatic rings. The molecule has 8 heavy (non-hydrogen) atoms. The second kappa shape index (κ2) is 4.28. The van der Waals surface area contributed by atoms with Crippen molar-refractivity contribution in [3.05, 3.63) is 0 Å². The maximum Gasteiger partial charge on any atom is 1.00 e. The molecule has 1 heterocycles. The van der Waals surface area contributed by atoms with Gasteiger partial charge in [-0.1, -0.05) is 0 Å². The Morgan fingerprint density at radius 3 is 2.50 bits per heavy atom. The first-order valence-corrected chi connectivity index (χ1v) is 2.65. The molecule has 3 heteroatoms. The number of rotatable bonds is 0. The average molecular weight is 185 g/mol. The first-order chi connectivity index (χ1) is 3.29. The molecule has 2 N–H and O–H groups in total. The van der Waals surface area contributed by atoms with Crippen LogP contribution in [0.4, 0.5) is 0 Å². The SMILES string of the molecule is CC1=NCC(C)[NH2+]1.[Rb+]. The summed E-state index contributed by atoms with van der Waals surface area (Å²) in [7, 11) is 0. The predicted octanol–water partition coefficient (Wildman–Crippen LogP) is -3.63. The Labute approximate surface area is 98.9 Å². The molecule has 1 aliphatic heterocycles. The molecule has 0 saturated heterocycles. The Bertz CT molecular complexity index is 101. The van der Waals surface area contributed by atoms with E-state index in [0.717, 1.165) is 6.54 Å². The summed E-state index contributed by atoms with van der Waals surface area (Å²) >= 11 is 0. The number of quaternary nitrogens is 1. The number of aliphatic imine (C=N–C) groups is 1. The second-order valence-corrected chi connectivity index (χ2v) is 2.13. The van der Waals surface area contributed by atoms with Gasteiger partial charge in [0, 0.05) is 6.92 Å². The van der Waals surface area contributed by atoms with E-state index in [1.807, 2.05) is 6.92 Å². The fraction of sp³-hybridized carbons (Fsp3) is 0.800. The maximum atomic E-state index is 4.18. The quantitative estimate of drug-likeness (QED) is 0.403. The second-order valence-electron chi connectivity index (χ2n) is 2.13. The van der Waals surface area contributed by atoms with Crippen molar-refractivity contribution in [1.29, 1.82) is 0 Å². The molecule has 0 saturated carbocycles. The third-order valence-corrected chi connectivity index (χ3v) is 1.15. The van der Waals surface area contributed by atoms with E-state index in [0.29, 0.717) is 6.04 Å². The van der Waals surface area contributed by atoms with Gasteiger partial charge in [0.1, 0.15) is 6.04 Å². The third-order valence-electron chi connectivity index (χ3n) is 1.15. The van der Waals surface area contributed by atoms with Crippen molar-refractivity contribution < 1.29 is 63.5 Å². The van der Waals surface area contributed by atoms with Crippen LogP contribution in [-0.2, 0) is 0 Å². The molecule has 1 aliphatic rings. The van der Waals surface area contributed by atoms with Gasteiger partial charge in [-0.25, -0.2) is 4.99 Å². The molecule has 2 nitrogen and oxygen atoms in total. The summed E-state index contributed by atoms with van der Waals surface area (Å²) in [4.78, 5) is 4.18. The Kier molecular flexibility index (Phi) is 5.05. The molecule has 0 aromatic carbocycles. The predicted molar refractivity (Wildman–Crippen MR) is 29.4 cm³/mol. The molecule has 40 valence electrons. The zero-order valence-electron chi connectivity index (χ0n) is 5.81. The first kappa shape index (κ1) is 9.44. The van der Waals surface area contributed by atoms with Crippen LogP contribution >= 0.6 is 0 Å². The van der Waals surface area contributed by atoms with Gasteiger partial charge in [-0.2, -0.15) is 0 Å². The van der Waals surface area contributed by atoms with Crippen LogP contribution in [0, 0.1) is 0 Å². The van der Waals surface area contributed by atoms with E-state index in [1.165, 1.54) is 5.84 Å². The topological polar surface area (TPSA) is 29.0 Å². The van der Waals surface area contributed by atoms with E-state index in [1.54, 1.807) is 0 Å². The minimum absolute atomic E-state index is 0. The van der Waals surface area contributed by atoms with Gasteiger partial charge in [0.2, 0.25) is 0 Å². The molecule has 1 atom stereocenters. The van der Waals surface area contributed by atoms with Gasteiger partial charge in [-0.3, -0.25) is 5.32 Å². The summed E-state index contributed by atoms with van der Waals surface area (Å²) in [5.74, 6) is 1.20. The fourth-order valence-electron chi connectivity index (χ4n) is 0.805. The average Bonchev–Trinajstić information content (AvgIpc) is 1.87. The molecule has 0 aliphatic carbocycles. The molecular formula is C5H11N2Rb+2. The molecule has 0 spiro atoms. The van der Waals surface area contributed by atoms with E-state index in [-0.39, 0.29) is 58.2 Å². The third kappa shape index (κ3) is 2.83. The molecular weight excluding hydrogens is 174 g/mol. The van der Waals surface area contributed by atoms with Gasteiger partial charge in [0.25, 0.3) is 0 Å². The van der Waals surface area contributed by atoms with Gasteiger partial charge in [0.05, 0.1) is 6.54 Å². The van der Waals surface area contributed by atoms with E-state index in [2.05, 4.69) is 17.2 Å². The number of nitrogens with zero attached hydrogens (tertiary/aromatic N) is 1. The van der Waals surface area contributed by atoms with Crippen molar-refractivity contribution in [2.75, 3.05) is 6.54 Å². The van der Waals surface area contributed by atoms with E-state index >= 15 is 0 Å². The van der Waals surface area contributed by atoms with Crippen LogP contribution in [0.3, 0.4) is 0 Å². The number of hydrogen-bond acceptors (Lipinski definition) is 1. The summed E-state index contributed by atoms with van der Waals surface area (Å²) in [6, 6.07) is 0.694. The molecule has 1 unspecified atom stereocenters. The van der Waals surface area contributed by atoms with Crippen LogP contribution in [0.5, 0.6) is 0 Å². The Balaban J connectivity index is 0.000000490. The molecule has 1 rings (SSSR count). The Morgan fingerprint density at radius 2 is 2.38 bits per heavy atom. The van der Waals surface area contributed by atoms with Crippen molar-refractivity contribution in [3.8, 4) is 0 Å². The fourth-order valence-corrected chi connectivity index (χ4v) is 0.805. The van der Waals surface area contributed by atoms with Gasteiger partial charge in [0.15, 0.2) is 5.84 Å². The van der Waals surface area contributed by atoms with E-state index in [4.69, 9.17) is 0 Å². The Hall–Kier alpha value is 1.44. The summed E-state index contributed by atoms with van der Waals surface area (Å²) in [6.45, 7) is 5.23. The minimum atomic E-state index is 0. The van der Waals surface area contributed by atoms with Crippen molar-refractivity contribution in [3.63, 3.8) is 0 Å². The molecule has 0 aromatic heterocycles. The molecule has 0 bridgehead atoms. The zero-order chi connectivity index (χ0) is 5.28. The van der Waals surface area contributed by atoms with Gasteiger partial charge in [-0.15, -0.1) is 0 Å². The smallest absolute Gasteiger partial charge is 0.298 e. The monoisotopic (exact) mass is 184 g/mol. The van der Waals surface area contributed by atoms with Crippen LogP contribution in [0.1, 0.15) is 13.8 Å². The number of hydrogen-bond donors (Lipinski definition) is 1. The van der Waals surface area contributed by atoms with E-state index in [9.17, 15) is 0 Å². The normalized spacial score (nSPS) is 26.8. The van der Waals surface area contributed by atoms with Crippen LogP contribution < -0.4 is 63.5 Å². The summed E-state index contributed by atoms with van der Waals surface area (Å²) in [6.07, 6.45) is 0. The van der Waals surface area contributed by atoms with Crippen LogP contribution in [0.15, 0.2) is 4.99 Å². The molecule has 0 radical (unpaired) electrons. The number of nitrogens with two attached hydrogens (primary N) is 1. The van der Waals surface area contributed by atoms with Crippen molar-refractivity contribution in [2.45, 2.75) is 19.9 Å². The van der Waals surface area contributed by atoms with Crippen molar-refractivity contribution >= 4 is 5.84 Å². The van der Waals surface area contributed by atoms with Crippen LogP contribution in [-0.4, -0.2) is 18.4 Å². The van der Waals surface area contributed by atoms with E-state index < -0.39 is 0 Å². The molecule has 0 fully saturated rings. The standard InChI is InChI=1S/C5H10N2.Rb/c1-4-3-6-5(2)7-4;/h4H,3H2,1-2H3,(H,6,7);/q;+1/p+1. The summed E-state index contributed by atoms with van der Waals surface area (Å²) < 4.78 is 0. The van der Waals surface area contributed by atoms with Crippen LogP contribution in [0.2, 0.25) is 0 Å². The number of amidine groups is 1. The first-order valence-electron chi connectivity index (χ1n) is 2.65. The maximum absolute atomic E-state index is 4.18. The van der Waals surface area contributed by atoms with Crippen LogP contribution in [0.25, 0.3) is 0 Å². The van der Waals surface area contributed by atoms with Crippen molar-refractivity contribution in [2.24, 2.45) is 4.99 Å². The van der Waals surface area contributed by atoms with Gasteiger partial charge < -0.3 is 0 Å². The minimum Gasteiger partial charge on any atom is -0.298 e. The van der Waals surface area contributed by atoms with Gasteiger partial charge in [-0.05, 0) is 6.92 Å². The zero-order valence-corrected chi connectivity index (χ0v) is 10.7. The van der Waals surface area contributed by atoms with Crippen molar-refractivity contribution in [1.82, 2.24) is 0 Å². The summed E-state index contributed by atoms with van der Waals surface area (Å²) in [5.41, 5.74) is 0. The Morgan fingerprint density at radius 1 is 1.75 bits per heavy atom.